The van der Waals surface area contributed by atoms with Crippen LogP contribution < -0.4 is 0 Å². The summed E-state index contributed by atoms with van der Waals surface area (Å²) in [5, 5.41) is 0. The van der Waals surface area contributed by atoms with Crippen LogP contribution >= 0.6 is 0 Å². The summed E-state index contributed by atoms with van der Waals surface area (Å²) in [6.45, 7) is 0. The topological polar surface area (TPSA) is 240 Å². The molecule has 8 N–H and O–H groups in total. The van der Waals surface area contributed by atoms with E-state index in [0.29, 0.717) is 0 Å². The zero-order valence-electron chi connectivity index (χ0n) is 6.41. The molecule has 0 aromatic heterocycles. The normalized spacial score (nSPS) is 0. The second-order valence-electron chi connectivity index (χ2n) is 0. The van der Waals surface area contributed by atoms with Crippen molar-refractivity contribution < 1.29 is 43.8 Å². The first-order chi connectivity index (χ1) is 0. The van der Waals surface area contributed by atoms with Crippen LogP contribution in [0.5, 0.6) is 0 Å². The van der Waals surface area contributed by atoms with Crippen LogP contribution in [0.25, 0.3) is 0 Å². The van der Waals surface area contributed by atoms with E-state index in [-0.39, 0.29) is 155 Å². The summed E-state index contributed by atoms with van der Waals surface area (Å²) in [4.78, 5) is 0. The fourth-order valence-electron chi connectivity index (χ4n) is 0. The Labute approximate surface area is 152 Å². The Morgan fingerprint density at radius 1 is 0.250 bits per heavy atom. The minimum atomic E-state index is 0. The van der Waals surface area contributed by atoms with Gasteiger partial charge in [0, 0.05) is 0 Å². The number of hydrogen-bond donors (Lipinski definition) is 0. The Hall–Kier alpha value is 2.98. The molecule has 0 bridgehead atoms. The maximum absolute atomic E-state index is 0. The first-order valence-corrected chi connectivity index (χ1v) is 0. The van der Waals surface area contributed by atoms with Crippen molar-refractivity contribution in [3.8, 4) is 0 Å². The van der Waals surface area contributed by atoms with E-state index in [4.69, 9.17) is 0 Å². The van der Waals surface area contributed by atoms with Gasteiger partial charge in [0.2, 0.25) is 0 Å². The van der Waals surface area contributed by atoms with Crippen LogP contribution in [0.3, 0.4) is 0 Å². The molecule has 0 spiro atoms. The fraction of sp³-hybridized carbons (Fsp3) is 0. The fourth-order valence-corrected chi connectivity index (χ4v) is 0. The van der Waals surface area contributed by atoms with Gasteiger partial charge in [-0.25, -0.2) is 0 Å². The molecule has 0 saturated carbocycles. The van der Waals surface area contributed by atoms with Gasteiger partial charge >= 0.3 is 111 Å². The summed E-state index contributed by atoms with van der Waals surface area (Å²) >= 11 is 0. The van der Waals surface area contributed by atoms with Gasteiger partial charge in [-0.3, -0.25) is 0 Å². The van der Waals surface area contributed by atoms with Gasteiger partial charge in [-0.1, -0.05) is 0 Å². The number of rotatable bonds is 0. The zero-order valence-corrected chi connectivity index (χ0v) is 13.4. The third-order valence-corrected chi connectivity index (χ3v) is 0. The SMILES string of the molecule is [Be+2].[Be+2].[OH-].[OH-].[OH-].[OH-].[OH-].[OH-].[OH-].[OH-].[Sr+2].[Sr+2]. The van der Waals surface area contributed by atoms with E-state index in [1.807, 2.05) is 0 Å². The maximum atomic E-state index is 0. The average Bonchev–Trinajstić information content (AvgIpc) is 0. The quantitative estimate of drug-likeness (QED) is 0.415. The van der Waals surface area contributed by atoms with Crippen molar-refractivity contribution >= 4 is 111 Å². The summed E-state index contributed by atoms with van der Waals surface area (Å²) in [7, 11) is 0. The third kappa shape index (κ3) is 210. The molecule has 0 unspecified atom stereocenters. The van der Waals surface area contributed by atoms with E-state index in [1.54, 1.807) is 0 Å². The van der Waals surface area contributed by atoms with Gasteiger partial charge in [0.25, 0.3) is 0 Å². The van der Waals surface area contributed by atoms with Crippen LogP contribution in [0.4, 0.5) is 0 Å². The zero-order chi connectivity index (χ0) is 0. The second kappa shape index (κ2) is 265. The Morgan fingerprint density at radius 3 is 0.250 bits per heavy atom. The summed E-state index contributed by atoms with van der Waals surface area (Å²) in [5.41, 5.74) is 0. The molecule has 0 heterocycles. The molecule has 0 aliphatic heterocycles. The minimum absolute atomic E-state index is 0. The molecule has 64 valence electrons. The Kier molecular flexibility index (Phi) is 7300. The first-order valence-electron chi connectivity index (χ1n) is 0. The van der Waals surface area contributed by atoms with Crippen molar-refractivity contribution in [3.05, 3.63) is 0 Å². The van der Waals surface area contributed by atoms with Crippen molar-refractivity contribution in [1.82, 2.24) is 0 Å². The van der Waals surface area contributed by atoms with Crippen LogP contribution in [-0.2, 0) is 0 Å². The van der Waals surface area contributed by atoms with Crippen LogP contribution in [0.15, 0.2) is 0 Å². The molecule has 0 fully saturated rings. The predicted octanol–water partition coefficient (Wildman–Crippen LogP) is -2.94. The van der Waals surface area contributed by atoms with Crippen molar-refractivity contribution in [2.24, 2.45) is 0 Å². The van der Waals surface area contributed by atoms with Crippen LogP contribution in [0.1, 0.15) is 0 Å². The molecule has 0 radical (unpaired) electrons. The van der Waals surface area contributed by atoms with Gasteiger partial charge in [-0.15, -0.1) is 0 Å². The molecule has 0 aromatic rings. The molecule has 0 aliphatic rings. The van der Waals surface area contributed by atoms with E-state index < -0.39 is 0 Å². The molecular weight excluding hydrogens is 321 g/mol. The summed E-state index contributed by atoms with van der Waals surface area (Å²) in [6, 6.07) is 0. The maximum Gasteiger partial charge on any atom is 2.00 e. The molecule has 0 aromatic carbocycles. The molecule has 0 amide bonds. The van der Waals surface area contributed by atoms with Crippen molar-refractivity contribution in [2.75, 3.05) is 0 Å². The van der Waals surface area contributed by atoms with E-state index >= 15 is 0 Å². The Balaban J connectivity index is 0. The minimum Gasteiger partial charge on any atom is -0.870 e. The predicted molar refractivity (Wildman–Crippen MR) is 38.5 cm³/mol. The van der Waals surface area contributed by atoms with E-state index in [9.17, 15) is 0 Å². The monoisotopic (exact) mass is 330 g/mol. The van der Waals surface area contributed by atoms with E-state index in [0.717, 1.165) is 0 Å². The third-order valence-electron chi connectivity index (χ3n) is 0. The van der Waals surface area contributed by atoms with Gasteiger partial charge in [-0.05, 0) is 0 Å². The van der Waals surface area contributed by atoms with E-state index in [1.165, 1.54) is 0 Å². The van der Waals surface area contributed by atoms with Crippen LogP contribution in [0.2, 0.25) is 0 Å². The molecule has 0 atom stereocenters. The first kappa shape index (κ1) is 330. The molecular formula is H8Be2O8Sr2. The largest absolute Gasteiger partial charge is 2.00 e. The Morgan fingerprint density at radius 2 is 0.250 bits per heavy atom. The van der Waals surface area contributed by atoms with Gasteiger partial charge in [0.15, 0.2) is 0 Å². The van der Waals surface area contributed by atoms with Crippen molar-refractivity contribution in [2.45, 2.75) is 0 Å². The van der Waals surface area contributed by atoms with E-state index in [2.05, 4.69) is 0 Å². The molecule has 0 rings (SSSR count). The summed E-state index contributed by atoms with van der Waals surface area (Å²) in [5.74, 6) is 0. The smallest absolute Gasteiger partial charge is 0.870 e. The Bertz CT molecular complexity index is 15.0. The molecule has 0 saturated heterocycles. The molecule has 8 nitrogen and oxygen atoms in total. The standard InChI is InChI=1S/2Be.8H2O.2Sr/h;;8*1H2;;/q2*+2;;;;;;;;;2*+2/p-8. The van der Waals surface area contributed by atoms with Gasteiger partial charge in [0.1, 0.15) is 0 Å². The van der Waals surface area contributed by atoms with Gasteiger partial charge in [-0.2, -0.15) is 0 Å². The molecule has 12 heteroatoms. The number of hydrogen-bond acceptors (Lipinski definition) is 8. The summed E-state index contributed by atoms with van der Waals surface area (Å²) < 4.78 is 0. The van der Waals surface area contributed by atoms with Crippen molar-refractivity contribution in [1.29, 1.82) is 0 Å². The van der Waals surface area contributed by atoms with Crippen LogP contribution in [-0.4, -0.2) is 155 Å². The second-order valence-corrected chi connectivity index (χ2v) is 0. The molecule has 0 aliphatic carbocycles. The summed E-state index contributed by atoms with van der Waals surface area (Å²) in [6.07, 6.45) is 0. The van der Waals surface area contributed by atoms with Crippen LogP contribution in [0, 0.1) is 0 Å². The average molecular weight is 329 g/mol. The molecule has 12 heavy (non-hydrogen) atoms. The van der Waals surface area contributed by atoms with Gasteiger partial charge in [0.05, 0.1) is 0 Å². The van der Waals surface area contributed by atoms with Crippen molar-refractivity contribution in [3.63, 3.8) is 0 Å². The van der Waals surface area contributed by atoms with Gasteiger partial charge < -0.3 is 43.8 Å².